The number of piperidine rings is 1. The van der Waals surface area contributed by atoms with E-state index in [1.54, 1.807) is 0 Å². The van der Waals surface area contributed by atoms with Crippen molar-refractivity contribution < 1.29 is 4.79 Å². The summed E-state index contributed by atoms with van der Waals surface area (Å²) < 4.78 is 2.20. The van der Waals surface area contributed by atoms with Crippen molar-refractivity contribution in [1.82, 2.24) is 25.1 Å². The van der Waals surface area contributed by atoms with Gasteiger partial charge in [0, 0.05) is 44.1 Å². The summed E-state index contributed by atoms with van der Waals surface area (Å²) in [6.07, 6.45) is 6.90. The molecule has 0 saturated carbocycles. The number of nitrogens with one attached hydrogen (secondary N) is 2. The molecule has 3 rings (SSSR count). The fourth-order valence-electron chi connectivity index (χ4n) is 3.76. The number of rotatable bonds is 6. The van der Waals surface area contributed by atoms with Gasteiger partial charge in [-0.05, 0) is 43.9 Å². The van der Waals surface area contributed by atoms with Crippen LogP contribution in [0.25, 0.3) is 0 Å². The standard InChI is InChI=1S/C22H32N6O.HI/c1-4-24-21(29)19-8-6-7-18(13-19)14-26-22(25-5-2)27-11-9-17(3)20(15-27)28-12-10-23-16-28;/h6-8,10,12-13,16-17,20H,4-5,9,11,14-15H2,1-3H3,(H,24,29)(H,25,26);1H. The lowest BCUT2D eigenvalue weighted by molar-refractivity contribution is 0.0955. The van der Waals surface area contributed by atoms with Gasteiger partial charge in [-0.3, -0.25) is 4.79 Å². The molecule has 0 spiro atoms. The number of hydrogen-bond donors (Lipinski definition) is 2. The Morgan fingerprint density at radius 2 is 2.07 bits per heavy atom. The van der Waals surface area contributed by atoms with E-state index in [1.165, 1.54) is 0 Å². The number of aliphatic imine (C=N–C) groups is 1. The number of guanidine groups is 1. The largest absolute Gasteiger partial charge is 0.357 e. The molecule has 8 heteroatoms. The fraction of sp³-hybridized carbons (Fsp3) is 0.500. The van der Waals surface area contributed by atoms with Gasteiger partial charge in [0.25, 0.3) is 5.91 Å². The number of benzene rings is 1. The summed E-state index contributed by atoms with van der Waals surface area (Å²) in [4.78, 5) is 23.5. The van der Waals surface area contributed by atoms with Crippen LogP contribution in [0.4, 0.5) is 0 Å². The van der Waals surface area contributed by atoms with Crippen molar-refractivity contribution >= 4 is 35.8 Å². The first-order chi connectivity index (χ1) is 14.1. The molecular formula is C22H33IN6O. The molecule has 1 aliphatic heterocycles. The SMILES string of the molecule is CCNC(=O)c1cccc(CN=C(NCC)N2CCC(C)C(n3ccnc3)C2)c1.I. The van der Waals surface area contributed by atoms with E-state index in [1.807, 2.05) is 49.9 Å². The Kier molecular flexibility index (Phi) is 9.61. The topological polar surface area (TPSA) is 74.6 Å². The Hall–Kier alpha value is -2.10. The number of imidazole rings is 1. The van der Waals surface area contributed by atoms with E-state index >= 15 is 0 Å². The van der Waals surface area contributed by atoms with E-state index in [9.17, 15) is 4.79 Å². The van der Waals surface area contributed by atoms with Crippen LogP contribution < -0.4 is 10.6 Å². The zero-order valence-corrected chi connectivity index (χ0v) is 20.4. The Morgan fingerprint density at radius 1 is 1.27 bits per heavy atom. The normalized spacial score (nSPS) is 19.2. The van der Waals surface area contributed by atoms with Crippen molar-refractivity contribution in [1.29, 1.82) is 0 Å². The highest BCUT2D eigenvalue weighted by atomic mass is 127. The number of carbonyl (C=O) groups excluding carboxylic acids is 1. The first kappa shape index (κ1) is 24.2. The third-order valence-corrected chi connectivity index (χ3v) is 5.40. The average molecular weight is 524 g/mol. The van der Waals surface area contributed by atoms with Crippen LogP contribution >= 0.6 is 24.0 Å². The maximum Gasteiger partial charge on any atom is 0.251 e. The summed E-state index contributed by atoms with van der Waals surface area (Å²) in [5, 5.41) is 6.28. The minimum Gasteiger partial charge on any atom is -0.357 e. The smallest absolute Gasteiger partial charge is 0.251 e. The van der Waals surface area contributed by atoms with Crippen LogP contribution in [0, 0.1) is 5.92 Å². The van der Waals surface area contributed by atoms with Crippen molar-refractivity contribution in [3.05, 3.63) is 54.1 Å². The van der Waals surface area contributed by atoms with Crippen LogP contribution in [0.1, 0.15) is 49.2 Å². The molecule has 1 fully saturated rings. The highest BCUT2D eigenvalue weighted by Gasteiger charge is 2.28. The van der Waals surface area contributed by atoms with Crippen LogP contribution in [0.2, 0.25) is 0 Å². The monoisotopic (exact) mass is 524 g/mol. The summed E-state index contributed by atoms with van der Waals surface area (Å²) in [6.45, 7) is 10.2. The summed E-state index contributed by atoms with van der Waals surface area (Å²) in [6, 6.07) is 8.08. The van der Waals surface area contributed by atoms with Gasteiger partial charge in [-0.1, -0.05) is 19.1 Å². The van der Waals surface area contributed by atoms with Gasteiger partial charge in [0.1, 0.15) is 0 Å². The second-order valence-corrected chi connectivity index (χ2v) is 7.52. The highest BCUT2D eigenvalue weighted by Crippen LogP contribution is 2.27. The number of halogens is 1. The molecule has 0 bridgehead atoms. The molecule has 2 aromatic rings. The molecule has 0 aliphatic carbocycles. The second-order valence-electron chi connectivity index (χ2n) is 7.52. The number of nitrogens with zero attached hydrogens (tertiary/aromatic N) is 4. The Morgan fingerprint density at radius 3 is 2.77 bits per heavy atom. The van der Waals surface area contributed by atoms with Crippen LogP contribution in [-0.2, 0) is 6.54 Å². The van der Waals surface area contributed by atoms with Crippen LogP contribution in [-0.4, -0.2) is 52.5 Å². The van der Waals surface area contributed by atoms with E-state index < -0.39 is 0 Å². The van der Waals surface area contributed by atoms with Crippen molar-refractivity contribution in [3.63, 3.8) is 0 Å². The molecule has 2 unspecified atom stereocenters. The summed E-state index contributed by atoms with van der Waals surface area (Å²) in [5.41, 5.74) is 1.71. The van der Waals surface area contributed by atoms with Gasteiger partial charge in [0.2, 0.25) is 0 Å². The quantitative estimate of drug-likeness (QED) is 0.346. The molecule has 1 aliphatic rings. The van der Waals surface area contributed by atoms with Crippen molar-refractivity contribution in [2.45, 2.75) is 39.8 Å². The maximum atomic E-state index is 12.1. The minimum atomic E-state index is -0.0431. The van der Waals surface area contributed by atoms with E-state index in [0.29, 0.717) is 30.6 Å². The Bertz CT molecular complexity index is 823. The number of carbonyl (C=O) groups is 1. The lowest BCUT2D eigenvalue weighted by Crippen LogP contribution is -2.49. The molecule has 2 heterocycles. The molecule has 7 nitrogen and oxygen atoms in total. The lowest BCUT2D eigenvalue weighted by Gasteiger charge is -2.39. The fourth-order valence-corrected chi connectivity index (χ4v) is 3.76. The Balaban J connectivity index is 0.00000320. The van der Waals surface area contributed by atoms with E-state index in [4.69, 9.17) is 4.99 Å². The third-order valence-electron chi connectivity index (χ3n) is 5.40. The molecule has 164 valence electrons. The predicted molar refractivity (Wildman–Crippen MR) is 131 cm³/mol. The summed E-state index contributed by atoms with van der Waals surface area (Å²) >= 11 is 0. The van der Waals surface area contributed by atoms with Gasteiger partial charge in [0.05, 0.1) is 18.9 Å². The highest BCUT2D eigenvalue weighted by molar-refractivity contribution is 14.0. The molecule has 2 atom stereocenters. The van der Waals surface area contributed by atoms with Gasteiger partial charge in [-0.25, -0.2) is 9.98 Å². The maximum absolute atomic E-state index is 12.1. The van der Waals surface area contributed by atoms with E-state index in [-0.39, 0.29) is 29.9 Å². The lowest BCUT2D eigenvalue weighted by atomic mass is 9.93. The second kappa shape index (κ2) is 11.9. The molecule has 1 aromatic heterocycles. The molecule has 30 heavy (non-hydrogen) atoms. The van der Waals surface area contributed by atoms with Crippen LogP contribution in [0.15, 0.2) is 48.0 Å². The third kappa shape index (κ3) is 6.20. The van der Waals surface area contributed by atoms with E-state index in [2.05, 4.69) is 38.9 Å². The molecule has 1 amide bonds. The molecule has 0 radical (unpaired) electrons. The van der Waals surface area contributed by atoms with Crippen molar-refractivity contribution in [2.24, 2.45) is 10.9 Å². The molecular weight excluding hydrogens is 491 g/mol. The molecule has 1 saturated heterocycles. The molecule has 2 N–H and O–H groups in total. The van der Waals surface area contributed by atoms with Gasteiger partial charge < -0.3 is 20.1 Å². The first-order valence-electron chi connectivity index (χ1n) is 10.5. The van der Waals surface area contributed by atoms with Crippen LogP contribution in [0.3, 0.4) is 0 Å². The number of hydrogen-bond acceptors (Lipinski definition) is 3. The van der Waals surface area contributed by atoms with Gasteiger partial charge in [-0.2, -0.15) is 0 Å². The van der Waals surface area contributed by atoms with Gasteiger partial charge in [-0.15, -0.1) is 24.0 Å². The predicted octanol–water partition coefficient (Wildman–Crippen LogP) is 3.30. The first-order valence-corrected chi connectivity index (χ1v) is 10.5. The van der Waals surface area contributed by atoms with Gasteiger partial charge >= 0.3 is 0 Å². The summed E-state index contributed by atoms with van der Waals surface area (Å²) in [5.74, 6) is 1.48. The van der Waals surface area contributed by atoms with Gasteiger partial charge in [0.15, 0.2) is 5.96 Å². The zero-order valence-electron chi connectivity index (χ0n) is 18.0. The Labute approximate surface area is 196 Å². The zero-order chi connectivity index (χ0) is 20.6. The van der Waals surface area contributed by atoms with Crippen molar-refractivity contribution in [2.75, 3.05) is 26.2 Å². The number of likely N-dealkylation sites (tertiary alicyclic amines) is 1. The number of aromatic nitrogens is 2. The number of amides is 1. The van der Waals surface area contributed by atoms with Crippen LogP contribution in [0.5, 0.6) is 0 Å². The molecule has 1 aromatic carbocycles. The van der Waals surface area contributed by atoms with Crippen molar-refractivity contribution in [3.8, 4) is 0 Å². The summed E-state index contributed by atoms with van der Waals surface area (Å²) in [7, 11) is 0. The minimum absolute atomic E-state index is 0. The average Bonchev–Trinajstić information content (AvgIpc) is 3.26. The van der Waals surface area contributed by atoms with E-state index in [0.717, 1.165) is 37.6 Å².